The first-order valence-corrected chi connectivity index (χ1v) is 17.1. The predicted octanol–water partition coefficient (Wildman–Crippen LogP) is 9.44. The van der Waals surface area contributed by atoms with Crippen molar-refractivity contribution in [3.05, 3.63) is 58.7 Å². The summed E-state index contributed by atoms with van der Waals surface area (Å²) in [5.74, 6) is 0.997. The fourth-order valence-electron chi connectivity index (χ4n) is 8.93. The Kier molecular flexibility index (Phi) is 9.80. The van der Waals surface area contributed by atoms with Crippen molar-refractivity contribution in [2.45, 2.75) is 114 Å². The van der Waals surface area contributed by atoms with Gasteiger partial charge in [0.15, 0.2) is 0 Å². The van der Waals surface area contributed by atoms with E-state index in [1.54, 1.807) is 0 Å². The summed E-state index contributed by atoms with van der Waals surface area (Å²) >= 11 is 0. The molecule has 0 aliphatic heterocycles. The van der Waals surface area contributed by atoms with Crippen LogP contribution >= 0.6 is 0 Å². The molecular weight excluding hydrogens is 532 g/mol. The van der Waals surface area contributed by atoms with E-state index in [-0.39, 0.29) is 59.3 Å². The highest BCUT2D eigenvalue weighted by Gasteiger charge is 2.54. The first kappa shape index (κ1) is 33.5. The van der Waals surface area contributed by atoms with Gasteiger partial charge in [-0.3, -0.25) is 0 Å². The summed E-state index contributed by atoms with van der Waals surface area (Å²) in [7, 11) is 0. The molecule has 0 aromatic heterocycles. The minimum atomic E-state index is -0.769. The Labute approximate surface area is 262 Å². The smallest absolute Gasteiger partial charge is 0.335 e. The van der Waals surface area contributed by atoms with E-state index in [2.05, 4.69) is 120 Å². The molecule has 4 aliphatic rings. The second-order valence-corrected chi connectivity index (χ2v) is 15.6. The van der Waals surface area contributed by atoms with Crippen LogP contribution in [0.5, 0.6) is 0 Å². The van der Waals surface area contributed by atoms with Crippen LogP contribution in [0.25, 0.3) is 0 Å². The van der Waals surface area contributed by atoms with Gasteiger partial charge in [-0.15, -0.1) is 0 Å². The fraction of sp³-hybridized carbons (Fsp3) is 0.692. The van der Waals surface area contributed by atoms with Gasteiger partial charge in [0.05, 0.1) is 11.1 Å². The topological polar surface area (TPSA) is 52.6 Å². The van der Waals surface area contributed by atoms with Gasteiger partial charge in [0.25, 0.3) is 0 Å². The van der Waals surface area contributed by atoms with Gasteiger partial charge >= 0.3 is 11.9 Å². The number of fused-ring (bicyclic) bond motifs is 2. The van der Waals surface area contributed by atoms with Crippen molar-refractivity contribution in [1.29, 1.82) is 0 Å². The second-order valence-electron chi connectivity index (χ2n) is 15.6. The van der Waals surface area contributed by atoms with Crippen LogP contribution < -0.4 is 0 Å². The molecule has 1 fully saturated rings. The van der Waals surface area contributed by atoms with Crippen molar-refractivity contribution in [2.24, 2.45) is 59.2 Å². The normalized spacial score (nSPS) is 32.1. The Morgan fingerprint density at radius 3 is 1.26 bits per heavy atom. The van der Waals surface area contributed by atoms with Crippen LogP contribution in [0.15, 0.2) is 58.7 Å². The van der Waals surface area contributed by atoms with E-state index in [1.807, 2.05) is 0 Å². The van der Waals surface area contributed by atoms with Crippen LogP contribution in [0.4, 0.5) is 0 Å². The van der Waals surface area contributed by atoms with E-state index in [0.29, 0.717) is 23.0 Å². The quantitative estimate of drug-likeness (QED) is 0.238. The third-order valence-electron chi connectivity index (χ3n) is 11.0. The molecule has 4 heteroatoms. The van der Waals surface area contributed by atoms with Gasteiger partial charge in [-0.2, -0.15) is 0 Å². The molecule has 0 aromatic carbocycles. The average Bonchev–Trinajstić information content (AvgIpc) is 3.54. The minimum absolute atomic E-state index is 0.0540. The predicted molar refractivity (Wildman–Crippen MR) is 176 cm³/mol. The van der Waals surface area contributed by atoms with Crippen molar-refractivity contribution in [2.75, 3.05) is 0 Å². The van der Waals surface area contributed by atoms with E-state index in [1.165, 1.54) is 11.1 Å². The van der Waals surface area contributed by atoms with Crippen LogP contribution in [0.2, 0.25) is 0 Å². The maximum Gasteiger partial charge on any atom is 0.335 e. The monoisotopic (exact) mass is 590 g/mol. The number of hydrogen-bond acceptors (Lipinski definition) is 4. The van der Waals surface area contributed by atoms with Crippen LogP contribution in [0, 0.1) is 59.2 Å². The van der Waals surface area contributed by atoms with Crippen LogP contribution in [0.1, 0.15) is 102 Å². The molecule has 43 heavy (non-hydrogen) atoms. The van der Waals surface area contributed by atoms with Crippen molar-refractivity contribution < 1.29 is 19.1 Å². The molecule has 0 amide bonds. The third kappa shape index (κ3) is 5.77. The molecule has 0 radical (unpaired) electrons. The molecule has 1 saturated carbocycles. The lowest BCUT2D eigenvalue weighted by Crippen LogP contribution is -2.51. The first-order chi connectivity index (χ1) is 20.1. The molecule has 0 saturated heterocycles. The van der Waals surface area contributed by atoms with E-state index < -0.39 is 11.2 Å². The van der Waals surface area contributed by atoms with Crippen LogP contribution in [-0.4, -0.2) is 23.1 Å². The molecule has 6 atom stereocenters. The zero-order chi connectivity index (χ0) is 32.0. The molecule has 4 aliphatic carbocycles. The summed E-state index contributed by atoms with van der Waals surface area (Å²) in [4.78, 5) is 28.9. The third-order valence-corrected chi connectivity index (χ3v) is 11.0. The van der Waals surface area contributed by atoms with Gasteiger partial charge < -0.3 is 9.47 Å². The molecule has 0 spiro atoms. The Morgan fingerprint density at radius 1 is 0.628 bits per heavy atom. The highest BCUT2D eigenvalue weighted by atomic mass is 16.6. The summed E-state index contributed by atoms with van der Waals surface area (Å²) in [5.41, 5.74) is 2.26. The lowest BCUT2D eigenvalue weighted by molar-refractivity contribution is -0.165. The van der Waals surface area contributed by atoms with E-state index in [0.717, 1.165) is 19.3 Å². The number of carbonyl (C=O) groups is 2. The molecule has 6 unspecified atom stereocenters. The van der Waals surface area contributed by atoms with Crippen LogP contribution in [-0.2, 0) is 19.1 Å². The minimum Gasteiger partial charge on any atom is -0.450 e. The molecule has 2 bridgehead atoms. The number of hydrogen-bond donors (Lipinski definition) is 0. The molecule has 4 rings (SSSR count). The van der Waals surface area contributed by atoms with Crippen LogP contribution in [0.3, 0.4) is 0 Å². The molecule has 0 aromatic rings. The van der Waals surface area contributed by atoms with Gasteiger partial charge in [0, 0.05) is 11.8 Å². The largest absolute Gasteiger partial charge is 0.450 e. The number of ether oxygens (including phenoxy) is 2. The van der Waals surface area contributed by atoms with Gasteiger partial charge in [0.1, 0.15) is 11.2 Å². The fourth-order valence-corrected chi connectivity index (χ4v) is 8.93. The Bertz CT molecular complexity index is 1140. The Balaban J connectivity index is 1.75. The summed E-state index contributed by atoms with van der Waals surface area (Å²) in [5, 5.41) is 0. The van der Waals surface area contributed by atoms with E-state index in [9.17, 15) is 9.59 Å². The van der Waals surface area contributed by atoms with Crippen molar-refractivity contribution >= 4 is 11.9 Å². The van der Waals surface area contributed by atoms with Gasteiger partial charge in [-0.1, -0.05) is 119 Å². The summed E-state index contributed by atoms with van der Waals surface area (Å²) in [6.07, 6.45) is 15.4. The molecule has 238 valence electrons. The number of allylic oxidation sites excluding steroid dienone is 4. The molecule has 0 heterocycles. The van der Waals surface area contributed by atoms with E-state index >= 15 is 0 Å². The van der Waals surface area contributed by atoms with Gasteiger partial charge in [0.2, 0.25) is 0 Å². The lowest BCUT2D eigenvalue weighted by atomic mass is 9.65. The van der Waals surface area contributed by atoms with E-state index in [4.69, 9.17) is 9.47 Å². The Hall–Kier alpha value is -2.36. The maximum atomic E-state index is 14.4. The zero-order valence-corrected chi connectivity index (χ0v) is 29.0. The van der Waals surface area contributed by atoms with Gasteiger partial charge in [-0.25, -0.2) is 9.59 Å². The SMILES string of the molecule is CC(C)C1=CC=CC(OC(=O)C2=C(C(=O)OC3(C(C)C)C=CC=C(C(C)C)C3C(C)C)C3CCC2C3)(C(C)C)C1C(C)C. The van der Waals surface area contributed by atoms with Crippen molar-refractivity contribution in [3.63, 3.8) is 0 Å². The molecule has 4 nitrogen and oxygen atoms in total. The van der Waals surface area contributed by atoms with Crippen molar-refractivity contribution in [1.82, 2.24) is 0 Å². The zero-order valence-electron chi connectivity index (χ0n) is 29.0. The second kappa shape index (κ2) is 12.6. The summed E-state index contributed by atoms with van der Waals surface area (Å²) < 4.78 is 13.5. The summed E-state index contributed by atoms with van der Waals surface area (Å²) in [6, 6.07) is 0. The highest BCUT2D eigenvalue weighted by molar-refractivity contribution is 6.03. The number of carbonyl (C=O) groups excluding carboxylic acids is 2. The van der Waals surface area contributed by atoms with Crippen molar-refractivity contribution in [3.8, 4) is 0 Å². The standard InChI is InChI=1S/C39H58O4/c1-22(2)30-15-13-19-38(26(9)10,34(30)24(5)6)42-36(40)32-28-17-18-29(21-28)33(32)37(41)43-39(27(11)12)20-14-16-31(23(3)4)35(39)25(7)8/h13-16,19-20,22-29,34-35H,17-18,21H2,1-12H3. The Morgan fingerprint density at radius 2 is 0.977 bits per heavy atom. The molecular formula is C39H58O4. The number of rotatable bonds is 10. The number of esters is 2. The van der Waals surface area contributed by atoms with Gasteiger partial charge in [-0.05, 0) is 78.8 Å². The lowest BCUT2D eigenvalue weighted by Gasteiger charge is -2.47. The first-order valence-electron chi connectivity index (χ1n) is 17.1. The summed E-state index contributed by atoms with van der Waals surface area (Å²) in [6.45, 7) is 26.3. The highest BCUT2D eigenvalue weighted by Crippen LogP contribution is 2.53. The molecule has 0 N–H and O–H groups in total. The average molecular weight is 591 g/mol. The maximum absolute atomic E-state index is 14.4.